The second-order valence-electron chi connectivity index (χ2n) is 6.02. The first-order valence-electron chi connectivity index (χ1n) is 8.05. The summed E-state index contributed by atoms with van der Waals surface area (Å²) in [6, 6.07) is 12.0. The molecule has 1 N–H and O–H groups in total. The van der Waals surface area contributed by atoms with Crippen molar-refractivity contribution in [1.29, 1.82) is 0 Å². The number of ether oxygens (including phenoxy) is 1. The molecule has 0 heterocycles. The molecule has 1 atom stereocenters. The van der Waals surface area contributed by atoms with Gasteiger partial charge in [-0.2, -0.15) is 0 Å². The maximum absolute atomic E-state index is 12.4. The van der Waals surface area contributed by atoms with E-state index < -0.39 is 6.10 Å². The molecule has 2 rings (SSSR count). The van der Waals surface area contributed by atoms with Gasteiger partial charge in [-0.05, 0) is 62.9 Å². The number of aryl methyl sites for hydroxylation is 4. The molecule has 0 aliphatic rings. The number of rotatable bonds is 5. The van der Waals surface area contributed by atoms with E-state index in [9.17, 15) is 4.79 Å². The van der Waals surface area contributed by atoms with Crippen LogP contribution in [0.15, 0.2) is 36.4 Å². The van der Waals surface area contributed by atoms with Gasteiger partial charge in [-0.25, -0.2) is 0 Å². The van der Waals surface area contributed by atoms with E-state index in [1.54, 1.807) is 6.92 Å². The molecule has 23 heavy (non-hydrogen) atoms. The van der Waals surface area contributed by atoms with Gasteiger partial charge in [-0.15, -0.1) is 0 Å². The molecule has 122 valence electrons. The Bertz CT molecular complexity index is 684. The number of anilines is 1. The first kappa shape index (κ1) is 17.1. The Kier molecular flexibility index (Phi) is 5.43. The third-order valence-electron chi connectivity index (χ3n) is 3.91. The molecular weight excluding hydrogens is 286 g/mol. The SMILES string of the molecule is CCc1cccc(OC(C)C(=O)Nc2c(C)cc(C)cc2C)c1. The van der Waals surface area contributed by atoms with Gasteiger partial charge in [0.1, 0.15) is 5.75 Å². The molecule has 0 saturated heterocycles. The van der Waals surface area contributed by atoms with E-state index in [2.05, 4.69) is 37.4 Å². The van der Waals surface area contributed by atoms with Gasteiger partial charge in [0.15, 0.2) is 6.10 Å². The molecule has 1 amide bonds. The Morgan fingerprint density at radius 3 is 2.39 bits per heavy atom. The Morgan fingerprint density at radius 2 is 1.78 bits per heavy atom. The number of carbonyl (C=O) groups is 1. The van der Waals surface area contributed by atoms with Crippen LogP contribution in [0.1, 0.15) is 36.1 Å². The highest BCUT2D eigenvalue weighted by Crippen LogP contribution is 2.22. The van der Waals surface area contributed by atoms with Crippen molar-refractivity contribution in [3.63, 3.8) is 0 Å². The summed E-state index contributed by atoms with van der Waals surface area (Å²) in [4.78, 5) is 12.4. The lowest BCUT2D eigenvalue weighted by atomic mass is 10.0. The van der Waals surface area contributed by atoms with Crippen LogP contribution in [0, 0.1) is 20.8 Å². The highest BCUT2D eigenvalue weighted by atomic mass is 16.5. The molecule has 3 heteroatoms. The Morgan fingerprint density at radius 1 is 1.13 bits per heavy atom. The zero-order valence-corrected chi connectivity index (χ0v) is 14.6. The Labute approximate surface area is 138 Å². The van der Waals surface area contributed by atoms with Gasteiger partial charge in [0.05, 0.1) is 0 Å². The summed E-state index contributed by atoms with van der Waals surface area (Å²) in [5.41, 5.74) is 5.39. The third kappa shape index (κ3) is 4.35. The predicted octanol–water partition coefficient (Wildman–Crippen LogP) is 4.58. The number of amides is 1. The standard InChI is InChI=1S/C20H25NO2/c1-6-17-8-7-9-18(12-17)23-16(5)20(22)21-19-14(3)10-13(2)11-15(19)4/h7-12,16H,6H2,1-5H3,(H,21,22). The minimum Gasteiger partial charge on any atom is -0.481 e. The van der Waals surface area contributed by atoms with Crippen molar-refractivity contribution in [3.05, 3.63) is 58.7 Å². The fourth-order valence-corrected chi connectivity index (χ4v) is 2.70. The average Bonchev–Trinajstić information content (AvgIpc) is 2.50. The maximum Gasteiger partial charge on any atom is 0.265 e. The molecule has 2 aromatic rings. The number of hydrogen-bond acceptors (Lipinski definition) is 2. The van der Waals surface area contributed by atoms with Crippen molar-refractivity contribution in [2.24, 2.45) is 0 Å². The van der Waals surface area contributed by atoms with E-state index >= 15 is 0 Å². The lowest BCUT2D eigenvalue weighted by Crippen LogP contribution is -2.30. The van der Waals surface area contributed by atoms with Gasteiger partial charge in [-0.1, -0.05) is 36.8 Å². The number of hydrogen-bond donors (Lipinski definition) is 1. The van der Waals surface area contributed by atoms with Gasteiger partial charge in [0, 0.05) is 5.69 Å². The van der Waals surface area contributed by atoms with Crippen LogP contribution in [0.25, 0.3) is 0 Å². The lowest BCUT2D eigenvalue weighted by Gasteiger charge is -2.18. The second kappa shape index (κ2) is 7.32. The van der Waals surface area contributed by atoms with Crippen LogP contribution < -0.4 is 10.1 Å². The fraction of sp³-hybridized carbons (Fsp3) is 0.350. The molecule has 0 radical (unpaired) electrons. The van der Waals surface area contributed by atoms with E-state index in [4.69, 9.17) is 4.74 Å². The van der Waals surface area contributed by atoms with Crippen LogP contribution in [0.3, 0.4) is 0 Å². The molecule has 0 saturated carbocycles. The highest BCUT2D eigenvalue weighted by Gasteiger charge is 2.17. The van der Waals surface area contributed by atoms with E-state index in [0.717, 1.165) is 29.0 Å². The normalized spacial score (nSPS) is 11.9. The summed E-state index contributed by atoms with van der Waals surface area (Å²) in [6.07, 6.45) is 0.390. The molecule has 0 aliphatic carbocycles. The molecular formula is C20H25NO2. The molecule has 2 aromatic carbocycles. The lowest BCUT2D eigenvalue weighted by molar-refractivity contribution is -0.122. The number of benzene rings is 2. The highest BCUT2D eigenvalue weighted by molar-refractivity contribution is 5.95. The topological polar surface area (TPSA) is 38.3 Å². The van der Waals surface area contributed by atoms with Crippen molar-refractivity contribution in [2.45, 2.75) is 47.1 Å². The van der Waals surface area contributed by atoms with E-state index in [1.165, 1.54) is 11.1 Å². The Hall–Kier alpha value is -2.29. The van der Waals surface area contributed by atoms with Crippen LogP contribution >= 0.6 is 0 Å². The zero-order chi connectivity index (χ0) is 17.0. The first-order chi connectivity index (χ1) is 10.9. The van der Waals surface area contributed by atoms with Crippen LogP contribution in [0.5, 0.6) is 5.75 Å². The van der Waals surface area contributed by atoms with Crippen molar-refractivity contribution in [3.8, 4) is 5.75 Å². The van der Waals surface area contributed by atoms with Crippen LogP contribution in [0.2, 0.25) is 0 Å². The number of carbonyl (C=O) groups excluding carboxylic acids is 1. The molecule has 0 spiro atoms. The smallest absolute Gasteiger partial charge is 0.265 e. The van der Waals surface area contributed by atoms with Crippen molar-refractivity contribution in [2.75, 3.05) is 5.32 Å². The van der Waals surface area contributed by atoms with E-state index in [1.807, 2.05) is 32.0 Å². The fourth-order valence-electron chi connectivity index (χ4n) is 2.70. The summed E-state index contributed by atoms with van der Waals surface area (Å²) >= 11 is 0. The van der Waals surface area contributed by atoms with Gasteiger partial charge in [0.2, 0.25) is 0 Å². The molecule has 3 nitrogen and oxygen atoms in total. The maximum atomic E-state index is 12.4. The van der Waals surface area contributed by atoms with Gasteiger partial charge >= 0.3 is 0 Å². The Balaban J connectivity index is 2.08. The molecule has 0 aliphatic heterocycles. The van der Waals surface area contributed by atoms with Crippen LogP contribution in [-0.4, -0.2) is 12.0 Å². The summed E-state index contributed by atoms with van der Waals surface area (Å²) in [6.45, 7) is 9.93. The monoisotopic (exact) mass is 311 g/mol. The van der Waals surface area contributed by atoms with Crippen molar-refractivity contribution < 1.29 is 9.53 Å². The predicted molar refractivity (Wildman–Crippen MR) is 95.2 cm³/mol. The molecule has 0 bridgehead atoms. The van der Waals surface area contributed by atoms with Crippen LogP contribution in [0.4, 0.5) is 5.69 Å². The van der Waals surface area contributed by atoms with Gasteiger partial charge < -0.3 is 10.1 Å². The van der Waals surface area contributed by atoms with Crippen molar-refractivity contribution in [1.82, 2.24) is 0 Å². The van der Waals surface area contributed by atoms with Gasteiger partial charge in [-0.3, -0.25) is 4.79 Å². The van der Waals surface area contributed by atoms with Gasteiger partial charge in [0.25, 0.3) is 5.91 Å². The largest absolute Gasteiger partial charge is 0.481 e. The summed E-state index contributed by atoms with van der Waals surface area (Å²) in [7, 11) is 0. The number of nitrogens with one attached hydrogen (secondary N) is 1. The molecule has 1 unspecified atom stereocenters. The molecule has 0 aromatic heterocycles. The third-order valence-corrected chi connectivity index (χ3v) is 3.91. The summed E-state index contributed by atoms with van der Waals surface area (Å²) in [5.74, 6) is 0.589. The summed E-state index contributed by atoms with van der Waals surface area (Å²) in [5, 5.41) is 2.99. The van der Waals surface area contributed by atoms with E-state index in [0.29, 0.717) is 0 Å². The minimum absolute atomic E-state index is 0.137. The summed E-state index contributed by atoms with van der Waals surface area (Å²) < 4.78 is 5.78. The van der Waals surface area contributed by atoms with E-state index in [-0.39, 0.29) is 5.91 Å². The first-order valence-corrected chi connectivity index (χ1v) is 8.05. The zero-order valence-electron chi connectivity index (χ0n) is 14.6. The average molecular weight is 311 g/mol. The second-order valence-corrected chi connectivity index (χ2v) is 6.02. The quantitative estimate of drug-likeness (QED) is 0.877. The minimum atomic E-state index is -0.554. The van der Waals surface area contributed by atoms with Crippen molar-refractivity contribution >= 4 is 11.6 Å². The van der Waals surface area contributed by atoms with Crippen LogP contribution in [-0.2, 0) is 11.2 Å². The molecule has 0 fully saturated rings.